The van der Waals surface area contributed by atoms with Crippen molar-refractivity contribution in [1.82, 2.24) is 9.97 Å². The van der Waals surface area contributed by atoms with Crippen LogP contribution in [0.5, 0.6) is 0 Å². The predicted molar refractivity (Wildman–Crippen MR) is 99.7 cm³/mol. The Labute approximate surface area is 150 Å². The van der Waals surface area contributed by atoms with Crippen LogP contribution in [-0.4, -0.2) is 21.0 Å². The second-order valence-corrected chi connectivity index (χ2v) is 6.57. The lowest BCUT2D eigenvalue weighted by molar-refractivity contribution is -0.113. The Balaban J connectivity index is 2.15. The van der Waals surface area contributed by atoms with Crippen molar-refractivity contribution in [3.05, 3.63) is 59.4 Å². The molecule has 6 heteroatoms. The number of H-pyrrole nitrogens is 1. The normalized spacial score (nSPS) is 11.8. The maximum absolute atomic E-state index is 11.0. The van der Waals surface area contributed by atoms with Gasteiger partial charge in [-0.15, -0.1) is 0 Å². The number of primary amides is 1. The van der Waals surface area contributed by atoms with Gasteiger partial charge in [0.05, 0.1) is 17.2 Å². The van der Waals surface area contributed by atoms with Gasteiger partial charge in [-0.3, -0.25) is 4.79 Å². The van der Waals surface area contributed by atoms with Crippen molar-refractivity contribution in [2.75, 3.05) is 0 Å². The number of fused-ring (bicyclic) bond motifs is 1. The molecule has 0 fully saturated rings. The number of aliphatic hydroxyl groups is 1. The van der Waals surface area contributed by atoms with Gasteiger partial charge in [0, 0.05) is 35.0 Å². The third-order valence-electron chi connectivity index (χ3n) is 4.09. The van der Waals surface area contributed by atoms with Crippen LogP contribution >= 0.6 is 0 Å². The number of aromatic amines is 1. The van der Waals surface area contributed by atoms with Gasteiger partial charge in [0.2, 0.25) is 5.91 Å². The molecule has 0 radical (unpaired) electrons. The predicted octanol–water partition coefficient (Wildman–Crippen LogP) is 2.83. The zero-order chi connectivity index (χ0) is 18.9. The number of amides is 1. The van der Waals surface area contributed by atoms with E-state index in [4.69, 9.17) is 5.73 Å². The number of benzene rings is 1. The quantitative estimate of drug-likeness (QED) is 0.630. The zero-order valence-electron chi connectivity index (χ0n) is 14.4. The van der Waals surface area contributed by atoms with E-state index in [0.29, 0.717) is 16.8 Å². The first kappa shape index (κ1) is 17.4. The molecule has 130 valence electrons. The Morgan fingerprint density at radius 2 is 2.08 bits per heavy atom. The van der Waals surface area contributed by atoms with Gasteiger partial charge in [0.25, 0.3) is 0 Å². The van der Waals surface area contributed by atoms with E-state index in [-0.39, 0.29) is 0 Å². The van der Waals surface area contributed by atoms with Gasteiger partial charge >= 0.3 is 0 Å². The smallest absolute Gasteiger partial charge is 0.241 e. The molecule has 0 aliphatic carbocycles. The van der Waals surface area contributed by atoms with Gasteiger partial charge < -0.3 is 15.8 Å². The summed E-state index contributed by atoms with van der Waals surface area (Å²) >= 11 is 0. The zero-order valence-corrected chi connectivity index (χ0v) is 14.4. The third kappa shape index (κ3) is 3.48. The lowest BCUT2D eigenvalue weighted by atomic mass is 9.92. The highest BCUT2D eigenvalue weighted by molar-refractivity contribution is 5.95. The molecule has 0 unspecified atom stereocenters. The maximum atomic E-state index is 11.0. The molecule has 4 N–H and O–H groups in total. The van der Waals surface area contributed by atoms with Crippen molar-refractivity contribution >= 4 is 23.0 Å². The third-order valence-corrected chi connectivity index (χ3v) is 4.09. The van der Waals surface area contributed by atoms with Crippen LogP contribution in [0.4, 0.5) is 0 Å². The summed E-state index contributed by atoms with van der Waals surface area (Å²) in [6, 6.07) is 9.32. The number of hydrogen-bond acceptors (Lipinski definition) is 4. The Kier molecular flexibility index (Phi) is 4.33. The Morgan fingerprint density at radius 1 is 1.31 bits per heavy atom. The van der Waals surface area contributed by atoms with Gasteiger partial charge in [-0.1, -0.05) is 0 Å². The first-order valence-electron chi connectivity index (χ1n) is 8.01. The summed E-state index contributed by atoms with van der Waals surface area (Å²) < 4.78 is 0. The number of nitrogens with one attached hydrogen (secondary N) is 1. The van der Waals surface area contributed by atoms with Crippen LogP contribution in [0, 0.1) is 11.3 Å². The van der Waals surface area contributed by atoms with E-state index in [9.17, 15) is 15.2 Å². The molecule has 0 atom stereocenters. The minimum atomic E-state index is -1.07. The number of pyridine rings is 1. The molecule has 3 aromatic rings. The molecule has 3 rings (SSSR count). The molecule has 2 heterocycles. The minimum Gasteiger partial charge on any atom is -0.386 e. The second kappa shape index (κ2) is 6.47. The SMILES string of the molecule is CC(C)(O)c1cc(C#N)cc(-c2cnc3[nH]cc(C=CC(N)=O)c3c2)c1. The number of aromatic nitrogens is 2. The van der Waals surface area contributed by atoms with Crippen LogP contribution in [0.1, 0.15) is 30.5 Å². The number of nitrogens with two attached hydrogens (primary N) is 1. The van der Waals surface area contributed by atoms with Gasteiger partial charge in [0.15, 0.2) is 0 Å². The molecule has 26 heavy (non-hydrogen) atoms. The molecule has 0 aliphatic heterocycles. The largest absolute Gasteiger partial charge is 0.386 e. The fraction of sp³-hybridized carbons (Fsp3) is 0.150. The van der Waals surface area contributed by atoms with Gasteiger partial charge in [-0.2, -0.15) is 5.26 Å². The first-order chi connectivity index (χ1) is 12.3. The van der Waals surface area contributed by atoms with E-state index < -0.39 is 11.5 Å². The van der Waals surface area contributed by atoms with Crippen molar-refractivity contribution in [3.63, 3.8) is 0 Å². The maximum Gasteiger partial charge on any atom is 0.241 e. The highest BCUT2D eigenvalue weighted by atomic mass is 16.3. The van der Waals surface area contributed by atoms with Crippen LogP contribution in [0.3, 0.4) is 0 Å². The topological polar surface area (TPSA) is 116 Å². The van der Waals surface area contributed by atoms with Gasteiger partial charge in [-0.25, -0.2) is 4.98 Å². The molecule has 1 amide bonds. The molecule has 1 aromatic carbocycles. The highest BCUT2D eigenvalue weighted by Gasteiger charge is 2.18. The molecule has 0 bridgehead atoms. The van der Waals surface area contributed by atoms with Crippen LogP contribution in [0.15, 0.2) is 42.7 Å². The Morgan fingerprint density at radius 3 is 2.73 bits per heavy atom. The molecular weight excluding hydrogens is 328 g/mol. The fourth-order valence-electron chi connectivity index (χ4n) is 2.70. The second-order valence-electron chi connectivity index (χ2n) is 6.57. The van der Waals surface area contributed by atoms with Crippen molar-refractivity contribution in [2.45, 2.75) is 19.4 Å². The van der Waals surface area contributed by atoms with E-state index in [1.165, 1.54) is 6.08 Å². The van der Waals surface area contributed by atoms with E-state index in [0.717, 1.165) is 22.1 Å². The number of nitrogens with zero attached hydrogens (tertiary/aromatic N) is 2. The standard InChI is InChI=1S/C20H18N4O2/c1-20(2,26)16-6-12(9-21)5-14(7-16)15-8-17-13(3-4-18(22)25)10-23-19(17)24-11-15/h3-8,10-11,26H,1-2H3,(H2,22,25)(H,23,24). The monoisotopic (exact) mass is 346 g/mol. The summed E-state index contributed by atoms with van der Waals surface area (Å²) in [5, 5.41) is 20.4. The molecule has 0 aliphatic rings. The lowest BCUT2D eigenvalue weighted by Crippen LogP contribution is -2.15. The summed E-state index contributed by atoms with van der Waals surface area (Å²) in [4.78, 5) is 18.4. The van der Waals surface area contributed by atoms with Crippen molar-refractivity contribution in [2.24, 2.45) is 5.73 Å². The summed E-state index contributed by atoms with van der Waals surface area (Å²) in [6.45, 7) is 3.35. The van der Waals surface area contributed by atoms with E-state index in [1.54, 1.807) is 44.4 Å². The highest BCUT2D eigenvalue weighted by Crippen LogP contribution is 2.30. The molecule has 0 spiro atoms. The van der Waals surface area contributed by atoms with Crippen LogP contribution < -0.4 is 5.73 Å². The first-order valence-corrected chi connectivity index (χ1v) is 8.01. The van der Waals surface area contributed by atoms with Crippen molar-refractivity contribution in [1.29, 1.82) is 5.26 Å². The van der Waals surface area contributed by atoms with E-state index in [2.05, 4.69) is 16.0 Å². The van der Waals surface area contributed by atoms with Crippen LogP contribution in [-0.2, 0) is 10.4 Å². The molecule has 6 nitrogen and oxygen atoms in total. The molecule has 2 aromatic heterocycles. The van der Waals surface area contributed by atoms with Crippen LogP contribution in [0.2, 0.25) is 0 Å². The fourth-order valence-corrected chi connectivity index (χ4v) is 2.70. The van der Waals surface area contributed by atoms with Crippen molar-refractivity contribution in [3.8, 4) is 17.2 Å². The summed E-state index contributed by atoms with van der Waals surface area (Å²) in [5.74, 6) is -0.528. The number of rotatable bonds is 4. The number of nitriles is 1. The Bertz CT molecular complexity index is 1070. The Hall–Kier alpha value is -3.43. The molecule has 0 saturated heterocycles. The summed E-state index contributed by atoms with van der Waals surface area (Å²) in [7, 11) is 0. The van der Waals surface area contributed by atoms with E-state index in [1.807, 2.05) is 12.1 Å². The number of carbonyl (C=O) groups excluding carboxylic acids is 1. The summed E-state index contributed by atoms with van der Waals surface area (Å²) in [6.07, 6.45) is 6.36. The molecule has 0 saturated carbocycles. The average Bonchev–Trinajstić information content (AvgIpc) is 3.01. The van der Waals surface area contributed by atoms with Gasteiger partial charge in [0.1, 0.15) is 5.65 Å². The minimum absolute atomic E-state index is 0.461. The number of carbonyl (C=O) groups is 1. The lowest BCUT2D eigenvalue weighted by Gasteiger charge is -2.19. The molecular formula is C20H18N4O2. The number of hydrogen-bond donors (Lipinski definition) is 3. The van der Waals surface area contributed by atoms with Crippen LogP contribution in [0.25, 0.3) is 28.2 Å². The van der Waals surface area contributed by atoms with Crippen molar-refractivity contribution < 1.29 is 9.90 Å². The van der Waals surface area contributed by atoms with E-state index >= 15 is 0 Å². The summed E-state index contributed by atoms with van der Waals surface area (Å²) in [5.41, 5.74) is 8.24. The average molecular weight is 346 g/mol. The van der Waals surface area contributed by atoms with Gasteiger partial charge in [-0.05, 0) is 55.3 Å².